The summed E-state index contributed by atoms with van der Waals surface area (Å²) < 4.78 is 0. The Balaban J connectivity index is 1.89. The molecule has 3 heteroatoms. The number of nitrogens with one attached hydrogen (secondary N) is 1. The molecule has 0 aliphatic carbocycles. The van der Waals surface area contributed by atoms with Crippen LogP contribution in [0, 0.1) is 0 Å². The summed E-state index contributed by atoms with van der Waals surface area (Å²) in [5, 5.41) is 3.55. The van der Waals surface area contributed by atoms with Gasteiger partial charge in [-0.05, 0) is 49.4 Å². The summed E-state index contributed by atoms with van der Waals surface area (Å²) in [7, 11) is 0. The van der Waals surface area contributed by atoms with Crippen LogP contribution >= 0.6 is 0 Å². The van der Waals surface area contributed by atoms with Gasteiger partial charge in [-0.2, -0.15) is 0 Å². The van der Waals surface area contributed by atoms with E-state index in [0.717, 1.165) is 38.0 Å². The van der Waals surface area contributed by atoms with Crippen molar-refractivity contribution in [3.05, 3.63) is 35.4 Å². The Morgan fingerprint density at radius 2 is 1.86 bits per heavy atom. The molecule has 0 saturated carbocycles. The van der Waals surface area contributed by atoms with E-state index in [1.807, 2.05) is 17.0 Å². The van der Waals surface area contributed by atoms with Gasteiger partial charge in [-0.15, -0.1) is 0 Å². The van der Waals surface area contributed by atoms with Crippen molar-refractivity contribution in [3.8, 4) is 0 Å². The van der Waals surface area contributed by atoms with Gasteiger partial charge < -0.3 is 10.2 Å². The summed E-state index contributed by atoms with van der Waals surface area (Å²) in [5.74, 6) is 0.689. The number of carbonyl (C=O) groups excluding carboxylic acids is 1. The van der Waals surface area contributed by atoms with Crippen LogP contribution in [0.15, 0.2) is 24.3 Å². The minimum atomic E-state index is 0.180. The zero-order valence-corrected chi connectivity index (χ0v) is 13.6. The smallest absolute Gasteiger partial charge is 0.253 e. The van der Waals surface area contributed by atoms with Gasteiger partial charge in [-0.25, -0.2) is 0 Å². The SMILES string of the molecule is CCCNC1CCN(C(=O)c2ccc(C(C)C)cc2)CC1. The van der Waals surface area contributed by atoms with E-state index >= 15 is 0 Å². The molecule has 1 fully saturated rings. The molecular weight excluding hydrogens is 260 g/mol. The average Bonchev–Trinajstić information content (AvgIpc) is 2.53. The highest BCUT2D eigenvalue weighted by Crippen LogP contribution is 2.18. The number of hydrogen-bond donors (Lipinski definition) is 1. The predicted molar refractivity (Wildman–Crippen MR) is 87.8 cm³/mol. The van der Waals surface area contributed by atoms with E-state index in [1.165, 1.54) is 12.0 Å². The third-order valence-corrected chi connectivity index (χ3v) is 4.29. The molecule has 1 aromatic carbocycles. The molecule has 0 unspecified atom stereocenters. The Kier molecular flexibility index (Phi) is 5.80. The topological polar surface area (TPSA) is 32.3 Å². The second-order valence-corrected chi connectivity index (χ2v) is 6.30. The van der Waals surface area contributed by atoms with Crippen LogP contribution in [-0.2, 0) is 0 Å². The molecule has 1 amide bonds. The van der Waals surface area contributed by atoms with E-state index in [1.54, 1.807) is 0 Å². The van der Waals surface area contributed by atoms with Crippen LogP contribution in [0.4, 0.5) is 0 Å². The second kappa shape index (κ2) is 7.60. The number of carbonyl (C=O) groups is 1. The molecule has 1 N–H and O–H groups in total. The first-order valence-corrected chi connectivity index (χ1v) is 8.24. The first-order chi connectivity index (χ1) is 10.1. The second-order valence-electron chi connectivity index (χ2n) is 6.30. The molecule has 1 aliphatic heterocycles. The van der Waals surface area contributed by atoms with Crippen LogP contribution in [0.3, 0.4) is 0 Å². The van der Waals surface area contributed by atoms with Gasteiger partial charge in [0, 0.05) is 24.7 Å². The van der Waals surface area contributed by atoms with Crippen LogP contribution in [0.5, 0.6) is 0 Å². The minimum Gasteiger partial charge on any atom is -0.339 e. The minimum absolute atomic E-state index is 0.180. The highest BCUT2D eigenvalue weighted by atomic mass is 16.2. The summed E-state index contributed by atoms with van der Waals surface area (Å²) in [4.78, 5) is 14.5. The number of benzene rings is 1. The van der Waals surface area contributed by atoms with Crippen LogP contribution in [0.1, 0.15) is 61.9 Å². The van der Waals surface area contributed by atoms with Crippen molar-refractivity contribution in [2.75, 3.05) is 19.6 Å². The predicted octanol–water partition coefficient (Wildman–Crippen LogP) is 3.41. The maximum atomic E-state index is 12.5. The maximum Gasteiger partial charge on any atom is 0.253 e. The summed E-state index contributed by atoms with van der Waals surface area (Å²) >= 11 is 0. The molecule has 1 aromatic rings. The monoisotopic (exact) mass is 288 g/mol. The van der Waals surface area contributed by atoms with E-state index < -0.39 is 0 Å². The van der Waals surface area contributed by atoms with Crippen LogP contribution in [0.25, 0.3) is 0 Å². The van der Waals surface area contributed by atoms with Gasteiger partial charge in [-0.3, -0.25) is 4.79 Å². The highest BCUT2D eigenvalue weighted by molar-refractivity contribution is 5.94. The van der Waals surface area contributed by atoms with E-state index in [9.17, 15) is 4.79 Å². The Bertz CT molecular complexity index is 445. The Morgan fingerprint density at radius 1 is 1.24 bits per heavy atom. The Hall–Kier alpha value is -1.35. The summed E-state index contributed by atoms with van der Waals surface area (Å²) in [5.41, 5.74) is 2.10. The lowest BCUT2D eigenvalue weighted by Crippen LogP contribution is -2.45. The van der Waals surface area contributed by atoms with Crippen molar-refractivity contribution in [2.45, 2.75) is 52.0 Å². The van der Waals surface area contributed by atoms with Gasteiger partial charge in [0.1, 0.15) is 0 Å². The largest absolute Gasteiger partial charge is 0.339 e. The van der Waals surface area contributed by atoms with Crippen molar-refractivity contribution in [2.24, 2.45) is 0 Å². The zero-order valence-electron chi connectivity index (χ0n) is 13.6. The quantitative estimate of drug-likeness (QED) is 0.900. The number of nitrogens with zero attached hydrogens (tertiary/aromatic N) is 1. The van der Waals surface area contributed by atoms with Gasteiger partial charge in [0.25, 0.3) is 5.91 Å². The van der Waals surface area contributed by atoms with Crippen molar-refractivity contribution in [1.29, 1.82) is 0 Å². The van der Waals surface area contributed by atoms with Crippen molar-refractivity contribution >= 4 is 5.91 Å². The van der Waals surface area contributed by atoms with Crippen LogP contribution in [0.2, 0.25) is 0 Å². The van der Waals surface area contributed by atoms with Crippen molar-refractivity contribution in [3.63, 3.8) is 0 Å². The van der Waals surface area contributed by atoms with E-state index in [2.05, 4.69) is 38.2 Å². The van der Waals surface area contributed by atoms with E-state index in [-0.39, 0.29) is 5.91 Å². The maximum absolute atomic E-state index is 12.5. The Labute approximate surface area is 128 Å². The lowest BCUT2D eigenvalue weighted by Gasteiger charge is -2.32. The molecule has 0 radical (unpaired) electrons. The number of likely N-dealkylation sites (tertiary alicyclic amines) is 1. The standard InChI is InChI=1S/C18H28N2O/c1-4-11-19-17-9-12-20(13-10-17)18(21)16-7-5-15(6-8-16)14(2)3/h5-8,14,17,19H,4,9-13H2,1-3H3. The molecule has 3 nitrogen and oxygen atoms in total. The zero-order chi connectivity index (χ0) is 15.2. The lowest BCUT2D eigenvalue weighted by molar-refractivity contribution is 0.0705. The van der Waals surface area contributed by atoms with E-state index in [4.69, 9.17) is 0 Å². The summed E-state index contributed by atoms with van der Waals surface area (Å²) in [6, 6.07) is 8.68. The van der Waals surface area contributed by atoms with Crippen molar-refractivity contribution < 1.29 is 4.79 Å². The lowest BCUT2D eigenvalue weighted by atomic mass is 10.0. The van der Waals surface area contributed by atoms with Gasteiger partial charge in [0.2, 0.25) is 0 Å². The summed E-state index contributed by atoms with van der Waals surface area (Å²) in [6.07, 6.45) is 3.30. The number of piperidine rings is 1. The fourth-order valence-corrected chi connectivity index (χ4v) is 2.83. The number of amides is 1. The van der Waals surface area contributed by atoms with Gasteiger partial charge >= 0.3 is 0 Å². The van der Waals surface area contributed by atoms with Gasteiger partial charge in [0.05, 0.1) is 0 Å². The molecule has 116 valence electrons. The van der Waals surface area contributed by atoms with Crippen LogP contribution in [-0.4, -0.2) is 36.5 Å². The summed E-state index contributed by atoms with van der Waals surface area (Å²) in [6.45, 7) is 9.34. The molecule has 1 saturated heterocycles. The molecular formula is C18H28N2O. The molecule has 1 aliphatic rings. The van der Waals surface area contributed by atoms with Crippen molar-refractivity contribution in [1.82, 2.24) is 10.2 Å². The molecule has 21 heavy (non-hydrogen) atoms. The molecule has 0 aromatic heterocycles. The molecule has 2 rings (SSSR count). The molecule has 0 spiro atoms. The first-order valence-electron chi connectivity index (χ1n) is 8.24. The van der Waals surface area contributed by atoms with E-state index in [0.29, 0.717) is 12.0 Å². The highest BCUT2D eigenvalue weighted by Gasteiger charge is 2.23. The van der Waals surface area contributed by atoms with Gasteiger partial charge in [0.15, 0.2) is 0 Å². The fraction of sp³-hybridized carbons (Fsp3) is 0.611. The Morgan fingerprint density at radius 3 is 2.38 bits per heavy atom. The number of rotatable bonds is 5. The third-order valence-electron chi connectivity index (χ3n) is 4.29. The average molecular weight is 288 g/mol. The molecule has 0 bridgehead atoms. The van der Waals surface area contributed by atoms with Gasteiger partial charge in [-0.1, -0.05) is 32.9 Å². The molecule has 0 atom stereocenters. The van der Waals surface area contributed by atoms with Crippen LogP contribution < -0.4 is 5.32 Å². The molecule has 1 heterocycles. The first kappa shape index (κ1) is 16.0. The normalized spacial score (nSPS) is 16.5. The number of hydrogen-bond acceptors (Lipinski definition) is 2. The fourth-order valence-electron chi connectivity index (χ4n) is 2.83. The third kappa shape index (κ3) is 4.31.